The fourth-order valence-electron chi connectivity index (χ4n) is 6.97. The molecule has 4 N–H and O–H groups in total. The molecule has 2 aliphatic heterocycles. The van der Waals surface area contributed by atoms with Crippen molar-refractivity contribution in [3.63, 3.8) is 0 Å². The van der Waals surface area contributed by atoms with Crippen molar-refractivity contribution >= 4 is 11.6 Å². The number of hydrogen-bond donors (Lipinski definition) is 4. The largest absolute Gasteiger partial charge is 0.506 e. The van der Waals surface area contributed by atoms with Crippen molar-refractivity contribution < 1.29 is 49.0 Å². The number of aliphatic hydroxyl groups is 2. The molecule has 0 unspecified atom stereocenters. The molecule has 6 atom stereocenters. The quantitative estimate of drug-likeness (QED) is 0.426. The minimum Gasteiger partial charge on any atom is -0.506 e. The van der Waals surface area contributed by atoms with E-state index in [1.54, 1.807) is 52.0 Å². The Kier molecular flexibility index (Phi) is 6.36. The van der Waals surface area contributed by atoms with Crippen LogP contribution in [-0.2, 0) is 9.47 Å². The molecule has 0 bridgehead atoms. The molecule has 2 aromatic carbocycles. The zero-order valence-corrected chi connectivity index (χ0v) is 24.3. The number of aromatic hydroxyl groups is 2. The maximum Gasteiger partial charge on any atom is 0.200 e. The van der Waals surface area contributed by atoms with E-state index >= 15 is 0 Å². The number of aliphatic hydroxyl groups excluding tert-OH is 2. The van der Waals surface area contributed by atoms with Crippen LogP contribution < -0.4 is 9.47 Å². The van der Waals surface area contributed by atoms with Gasteiger partial charge in [0.15, 0.2) is 22.8 Å². The second-order valence-electron chi connectivity index (χ2n) is 11.8. The van der Waals surface area contributed by atoms with Crippen molar-refractivity contribution in [1.29, 1.82) is 0 Å². The van der Waals surface area contributed by atoms with Gasteiger partial charge in [-0.2, -0.15) is 0 Å². The van der Waals surface area contributed by atoms with Crippen molar-refractivity contribution in [2.45, 2.75) is 76.2 Å². The van der Waals surface area contributed by atoms with Crippen molar-refractivity contribution in [2.24, 2.45) is 0 Å². The van der Waals surface area contributed by atoms with Gasteiger partial charge in [0.05, 0.1) is 12.2 Å². The summed E-state index contributed by atoms with van der Waals surface area (Å²) in [4.78, 5) is 27.6. The van der Waals surface area contributed by atoms with Gasteiger partial charge < -0.3 is 39.4 Å². The molecule has 10 heteroatoms. The number of ether oxygens (including phenoxy) is 4. The molecule has 0 fully saturated rings. The minimum absolute atomic E-state index is 0.0912. The number of fused-ring (bicyclic) bond motifs is 4. The van der Waals surface area contributed by atoms with Crippen molar-refractivity contribution in [3.05, 3.63) is 57.7 Å². The van der Waals surface area contributed by atoms with Crippen LogP contribution in [0.1, 0.15) is 58.5 Å². The molecule has 0 saturated heterocycles. The molecule has 10 nitrogen and oxygen atoms in total. The van der Waals surface area contributed by atoms with Crippen molar-refractivity contribution in [1.82, 2.24) is 0 Å². The van der Waals surface area contributed by atoms with Gasteiger partial charge in [-0.25, -0.2) is 0 Å². The Morgan fingerprint density at radius 1 is 0.714 bits per heavy atom. The van der Waals surface area contributed by atoms with Gasteiger partial charge in [-0.1, -0.05) is 12.2 Å². The predicted molar refractivity (Wildman–Crippen MR) is 150 cm³/mol. The number of rotatable bonds is 3. The summed E-state index contributed by atoms with van der Waals surface area (Å²) in [5, 5.41) is 45.2. The highest BCUT2D eigenvalue weighted by molar-refractivity contribution is 6.18. The smallest absolute Gasteiger partial charge is 0.200 e. The Balaban J connectivity index is 1.51. The number of methoxy groups -OCH3 is 2. The lowest BCUT2D eigenvalue weighted by molar-refractivity contribution is -0.103. The van der Waals surface area contributed by atoms with Crippen LogP contribution in [0.25, 0.3) is 11.1 Å². The number of aryl methyl sites for hydroxylation is 2. The van der Waals surface area contributed by atoms with E-state index in [0.717, 1.165) is 0 Å². The van der Waals surface area contributed by atoms with E-state index in [1.807, 2.05) is 0 Å². The van der Waals surface area contributed by atoms with Crippen LogP contribution in [0.15, 0.2) is 35.4 Å². The number of ketones is 2. The topological polar surface area (TPSA) is 152 Å². The summed E-state index contributed by atoms with van der Waals surface area (Å²) in [7, 11) is 2.95. The number of carbonyl (C=O) groups excluding carboxylic acids is 2. The lowest BCUT2D eigenvalue weighted by atomic mass is 9.74. The number of Topliss-reactive ketones (excluding diaryl/α,β-unsaturated/α-hetero) is 2. The van der Waals surface area contributed by atoms with Gasteiger partial charge in [0.25, 0.3) is 0 Å². The molecule has 0 aromatic heterocycles. The average molecular weight is 579 g/mol. The highest BCUT2D eigenvalue weighted by atomic mass is 16.5. The van der Waals surface area contributed by atoms with E-state index < -0.39 is 58.7 Å². The molecule has 0 spiro atoms. The number of phenolic OH excluding ortho intramolecular Hbond substituents is 2. The molecule has 0 amide bonds. The lowest BCUT2D eigenvalue weighted by Crippen LogP contribution is -2.58. The Labute approximate surface area is 242 Å². The zero-order chi connectivity index (χ0) is 30.5. The summed E-state index contributed by atoms with van der Waals surface area (Å²) >= 11 is 0. The highest BCUT2D eigenvalue weighted by Crippen LogP contribution is 2.54. The average Bonchev–Trinajstić information content (AvgIpc) is 2.92. The Bertz CT molecular complexity index is 1500. The zero-order valence-electron chi connectivity index (χ0n) is 24.3. The summed E-state index contributed by atoms with van der Waals surface area (Å²) in [6, 6.07) is 3.15. The third-order valence-electron chi connectivity index (χ3n) is 9.38. The Hall–Kier alpha value is -3.70. The monoisotopic (exact) mass is 578 g/mol. The normalized spacial score (nSPS) is 31.5. The predicted octanol–water partition coefficient (Wildman–Crippen LogP) is 3.46. The molecule has 4 aliphatic rings. The summed E-state index contributed by atoms with van der Waals surface area (Å²) in [6.07, 6.45) is 0.482. The second-order valence-corrected chi connectivity index (χ2v) is 11.8. The van der Waals surface area contributed by atoms with Crippen LogP contribution in [0, 0.1) is 13.8 Å². The van der Waals surface area contributed by atoms with E-state index in [1.165, 1.54) is 14.2 Å². The number of hydrogen-bond acceptors (Lipinski definition) is 10. The van der Waals surface area contributed by atoms with E-state index in [-0.39, 0.29) is 57.7 Å². The SMILES string of the molecule is CO[C@H]1CC=C2C(=O)c3c(cc(C)c(-c4c(C)cc5c(c4O)C(=O)C4=CC[C@H](OC)[C@H](O)[C@]4(C)O5)c3O)O[C@@]2(C)[C@@H]1O. The third-order valence-corrected chi connectivity index (χ3v) is 9.38. The first-order chi connectivity index (χ1) is 19.8. The van der Waals surface area contributed by atoms with Crippen LogP contribution in [-0.4, -0.2) is 81.8 Å². The van der Waals surface area contributed by atoms with Crippen LogP contribution >= 0.6 is 0 Å². The molecule has 0 radical (unpaired) electrons. The molecule has 0 saturated carbocycles. The molecule has 2 aromatic rings. The number of phenols is 2. The van der Waals surface area contributed by atoms with Gasteiger partial charge in [0, 0.05) is 36.5 Å². The first-order valence-corrected chi connectivity index (χ1v) is 13.8. The molecule has 2 heterocycles. The first-order valence-electron chi connectivity index (χ1n) is 13.8. The summed E-state index contributed by atoms with van der Waals surface area (Å²) in [5.74, 6) is -1.66. The Morgan fingerprint density at radius 3 is 1.40 bits per heavy atom. The maximum absolute atomic E-state index is 13.8. The van der Waals surface area contributed by atoms with Gasteiger partial charge in [0.2, 0.25) is 0 Å². The Morgan fingerprint density at radius 2 is 1.07 bits per heavy atom. The number of carbonyl (C=O) groups is 2. The summed E-state index contributed by atoms with van der Waals surface area (Å²) < 4.78 is 23.2. The van der Waals surface area contributed by atoms with Gasteiger partial charge in [0.1, 0.15) is 46.3 Å². The van der Waals surface area contributed by atoms with Crippen molar-refractivity contribution in [3.8, 4) is 34.1 Å². The van der Waals surface area contributed by atoms with E-state index in [4.69, 9.17) is 18.9 Å². The van der Waals surface area contributed by atoms with E-state index in [0.29, 0.717) is 11.1 Å². The van der Waals surface area contributed by atoms with Gasteiger partial charge in [-0.15, -0.1) is 0 Å². The second kappa shape index (κ2) is 9.40. The van der Waals surface area contributed by atoms with Crippen LogP contribution in [0.4, 0.5) is 0 Å². The fourth-order valence-corrected chi connectivity index (χ4v) is 6.97. The van der Waals surface area contributed by atoms with Crippen LogP contribution in [0.2, 0.25) is 0 Å². The van der Waals surface area contributed by atoms with Gasteiger partial charge in [-0.3, -0.25) is 9.59 Å². The van der Waals surface area contributed by atoms with E-state index in [2.05, 4.69) is 0 Å². The molecule has 42 heavy (non-hydrogen) atoms. The van der Waals surface area contributed by atoms with Gasteiger partial charge in [-0.05, 0) is 63.8 Å². The fraction of sp³-hybridized carbons (Fsp3) is 0.438. The molecular weight excluding hydrogens is 544 g/mol. The molecule has 222 valence electrons. The standard InChI is InChI=1S/C32H34O10/c1-13-11-19-23(25(33)15-7-9-17(39-5)29(37)31(15,3)41-19)27(35)21(13)22-14(2)12-20-24(28(22)36)26(34)16-8-10-18(40-6)30(38)32(16,4)42-20/h7-8,11-12,17-18,29-30,35-38H,9-10H2,1-6H3/t17-,18-,29-,30+,31+,32+/m0/s1. The highest BCUT2D eigenvalue weighted by Gasteiger charge is 2.54. The molecular formula is C32H34O10. The van der Waals surface area contributed by atoms with Crippen LogP contribution in [0.5, 0.6) is 23.0 Å². The lowest BCUT2D eigenvalue weighted by Gasteiger charge is -2.45. The maximum atomic E-state index is 13.8. The molecule has 2 aliphatic carbocycles. The summed E-state index contributed by atoms with van der Waals surface area (Å²) in [5.41, 5.74) is -1.31. The van der Waals surface area contributed by atoms with Crippen LogP contribution in [0.3, 0.4) is 0 Å². The first kappa shape index (κ1) is 28.4. The third kappa shape index (κ3) is 3.59. The molecule has 6 rings (SSSR count). The minimum atomic E-state index is -1.39. The van der Waals surface area contributed by atoms with Gasteiger partial charge >= 0.3 is 0 Å². The van der Waals surface area contributed by atoms with E-state index in [9.17, 15) is 30.0 Å². The summed E-state index contributed by atoms with van der Waals surface area (Å²) in [6.45, 7) is 6.59. The van der Waals surface area contributed by atoms with Crippen molar-refractivity contribution in [2.75, 3.05) is 14.2 Å². The number of benzene rings is 2.